The summed E-state index contributed by atoms with van der Waals surface area (Å²) in [5.74, 6) is -1.95. The van der Waals surface area contributed by atoms with Crippen molar-refractivity contribution in [2.75, 3.05) is 20.3 Å². The number of carbonyl (C=O) groups is 4. The van der Waals surface area contributed by atoms with Gasteiger partial charge in [-0.15, -0.1) is 0 Å². The molecule has 10 heteroatoms. The Bertz CT molecular complexity index is 887. The van der Waals surface area contributed by atoms with Crippen LogP contribution >= 0.6 is 0 Å². The largest absolute Gasteiger partial charge is 0.468 e. The highest BCUT2D eigenvalue weighted by atomic mass is 16.6. The van der Waals surface area contributed by atoms with E-state index in [2.05, 4.69) is 15.4 Å². The molecule has 0 fully saturated rings. The molecular weight excluding hydrogens is 442 g/mol. The molecule has 1 aromatic rings. The predicted molar refractivity (Wildman–Crippen MR) is 126 cm³/mol. The van der Waals surface area contributed by atoms with E-state index in [0.717, 1.165) is 5.56 Å². The van der Waals surface area contributed by atoms with Crippen molar-refractivity contribution >= 4 is 23.9 Å². The van der Waals surface area contributed by atoms with E-state index in [4.69, 9.17) is 4.74 Å². The molecule has 10 nitrogen and oxygen atoms in total. The number of nitrogens with one attached hydrogen (secondary N) is 2. The summed E-state index contributed by atoms with van der Waals surface area (Å²) in [6, 6.07) is 4.51. The number of aliphatic hydroxyl groups is 1. The van der Waals surface area contributed by atoms with E-state index < -0.39 is 53.7 Å². The summed E-state index contributed by atoms with van der Waals surface area (Å²) in [6.07, 6.45) is -0.878. The van der Waals surface area contributed by atoms with E-state index >= 15 is 0 Å². The fourth-order valence-electron chi connectivity index (χ4n) is 3.27. The molecule has 34 heavy (non-hydrogen) atoms. The van der Waals surface area contributed by atoms with Gasteiger partial charge in [-0.25, -0.2) is 4.79 Å². The van der Waals surface area contributed by atoms with E-state index in [-0.39, 0.29) is 6.54 Å². The number of hydrogen-bond donors (Lipinski definition) is 3. The van der Waals surface area contributed by atoms with E-state index in [9.17, 15) is 24.3 Å². The number of hydrogen-bond acceptors (Lipinski definition) is 7. The number of esters is 1. The Morgan fingerprint density at radius 3 is 2.12 bits per heavy atom. The number of aliphatic hydroxyl groups excluding tert-OH is 1. The van der Waals surface area contributed by atoms with Crippen molar-refractivity contribution in [3.63, 3.8) is 0 Å². The number of benzene rings is 1. The minimum atomic E-state index is -1.37. The lowest BCUT2D eigenvalue weighted by molar-refractivity contribution is -0.150. The average Bonchev–Trinajstić information content (AvgIpc) is 2.71. The third kappa shape index (κ3) is 8.33. The minimum absolute atomic E-state index is 0.385. The molecule has 0 spiro atoms. The van der Waals surface area contributed by atoms with Gasteiger partial charge >= 0.3 is 12.1 Å². The van der Waals surface area contributed by atoms with Crippen molar-refractivity contribution in [1.82, 2.24) is 15.5 Å². The van der Waals surface area contributed by atoms with E-state index in [0.29, 0.717) is 5.56 Å². The van der Waals surface area contributed by atoms with Gasteiger partial charge in [0.25, 0.3) is 0 Å². The minimum Gasteiger partial charge on any atom is -0.468 e. The number of ether oxygens (including phenoxy) is 2. The third-order valence-corrected chi connectivity index (χ3v) is 4.76. The summed E-state index contributed by atoms with van der Waals surface area (Å²) >= 11 is 0. The van der Waals surface area contributed by atoms with Gasteiger partial charge in [-0.1, -0.05) is 24.3 Å². The van der Waals surface area contributed by atoms with Gasteiger partial charge in [0.2, 0.25) is 11.8 Å². The molecule has 0 aliphatic rings. The van der Waals surface area contributed by atoms with Crippen LogP contribution < -0.4 is 10.6 Å². The molecule has 0 aliphatic carbocycles. The summed E-state index contributed by atoms with van der Waals surface area (Å²) in [7, 11) is 1.20. The second kappa shape index (κ2) is 11.8. The molecule has 0 radical (unpaired) electrons. The second-order valence-electron chi connectivity index (χ2n) is 9.81. The van der Waals surface area contributed by atoms with Crippen LogP contribution in [-0.2, 0) is 23.9 Å². The molecule has 0 aliphatic heterocycles. The standard InChI is InChI=1S/C24H37N3O7/c1-15-11-9-10-12-16(15)19(20(30)25-13-18(29)33-8)27(23(2,3)4)21(31)17(14-28)26-22(32)34-24(5,6)7/h9-12,17,19,28H,13-14H2,1-8H3,(H,25,30)(H,26,32). The van der Waals surface area contributed by atoms with E-state index in [1.54, 1.807) is 72.7 Å². The molecular formula is C24H37N3O7. The molecule has 0 saturated carbocycles. The average molecular weight is 480 g/mol. The van der Waals surface area contributed by atoms with Gasteiger partial charge in [0.05, 0.1) is 13.7 Å². The monoisotopic (exact) mass is 479 g/mol. The SMILES string of the molecule is COC(=O)CNC(=O)C(c1ccccc1C)N(C(=O)C(CO)NC(=O)OC(C)(C)C)C(C)(C)C. The molecule has 0 heterocycles. The summed E-state index contributed by atoms with van der Waals surface area (Å²) in [6.45, 7) is 10.9. The Kier molecular flexibility index (Phi) is 10.0. The first-order valence-electron chi connectivity index (χ1n) is 11.0. The van der Waals surface area contributed by atoms with Gasteiger partial charge in [-0.3, -0.25) is 14.4 Å². The molecule has 190 valence electrons. The van der Waals surface area contributed by atoms with Crippen LogP contribution in [0.3, 0.4) is 0 Å². The van der Waals surface area contributed by atoms with Crippen LogP contribution in [0.2, 0.25) is 0 Å². The highest BCUT2D eigenvalue weighted by molar-refractivity contribution is 5.94. The Balaban J connectivity index is 3.46. The Hall–Kier alpha value is -3.14. The van der Waals surface area contributed by atoms with Crippen LogP contribution in [0.1, 0.15) is 58.7 Å². The van der Waals surface area contributed by atoms with Crippen molar-refractivity contribution in [1.29, 1.82) is 0 Å². The van der Waals surface area contributed by atoms with Crippen molar-refractivity contribution in [2.24, 2.45) is 0 Å². The quantitative estimate of drug-likeness (QED) is 0.484. The van der Waals surface area contributed by atoms with Crippen LogP contribution in [0, 0.1) is 6.92 Å². The Labute approximate surface area is 201 Å². The normalized spacial score (nSPS) is 13.3. The second-order valence-corrected chi connectivity index (χ2v) is 9.81. The molecule has 1 aromatic carbocycles. The summed E-state index contributed by atoms with van der Waals surface area (Å²) in [5, 5.41) is 14.8. The number of methoxy groups -OCH3 is 1. The van der Waals surface area contributed by atoms with Gasteiger partial charge < -0.3 is 30.1 Å². The molecule has 0 aromatic heterocycles. The maximum Gasteiger partial charge on any atom is 0.408 e. The molecule has 0 saturated heterocycles. The van der Waals surface area contributed by atoms with Crippen molar-refractivity contribution in [2.45, 2.75) is 71.7 Å². The maximum absolute atomic E-state index is 13.7. The van der Waals surface area contributed by atoms with Gasteiger partial charge in [-0.05, 0) is 59.6 Å². The van der Waals surface area contributed by atoms with Crippen LogP contribution in [0.15, 0.2) is 24.3 Å². The molecule has 2 atom stereocenters. The lowest BCUT2D eigenvalue weighted by atomic mass is 9.93. The fourth-order valence-corrected chi connectivity index (χ4v) is 3.27. The zero-order chi connectivity index (χ0) is 26.3. The van der Waals surface area contributed by atoms with Gasteiger partial charge in [-0.2, -0.15) is 0 Å². The smallest absolute Gasteiger partial charge is 0.408 e. The lowest BCUT2D eigenvalue weighted by Crippen LogP contribution is -2.59. The molecule has 2 unspecified atom stereocenters. The maximum atomic E-state index is 13.7. The van der Waals surface area contributed by atoms with Crippen LogP contribution in [0.25, 0.3) is 0 Å². The highest BCUT2D eigenvalue weighted by Crippen LogP contribution is 2.31. The number of rotatable bonds is 8. The summed E-state index contributed by atoms with van der Waals surface area (Å²) in [5.41, 5.74) is -0.463. The zero-order valence-corrected chi connectivity index (χ0v) is 21.2. The predicted octanol–water partition coefficient (Wildman–Crippen LogP) is 1.84. The number of amides is 3. The number of aryl methyl sites for hydroxylation is 1. The first-order chi connectivity index (χ1) is 15.6. The summed E-state index contributed by atoms with van der Waals surface area (Å²) in [4.78, 5) is 52.2. The topological polar surface area (TPSA) is 134 Å². The van der Waals surface area contributed by atoms with E-state index in [1.807, 2.05) is 0 Å². The Morgan fingerprint density at radius 2 is 1.65 bits per heavy atom. The molecule has 0 bridgehead atoms. The van der Waals surface area contributed by atoms with Crippen LogP contribution in [0.5, 0.6) is 0 Å². The van der Waals surface area contributed by atoms with Crippen molar-refractivity contribution in [3.05, 3.63) is 35.4 Å². The zero-order valence-electron chi connectivity index (χ0n) is 21.2. The molecule has 3 N–H and O–H groups in total. The number of nitrogens with zero attached hydrogens (tertiary/aromatic N) is 1. The van der Waals surface area contributed by atoms with Gasteiger partial charge in [0, 0.05) is 5.54 Å². The third-order valence-electron chi connectivity index (χ3n) is 4.76. The molecule has 1 rings (SSSR count). The fraction of sp³-hybridized carbons (Fsp3) is 0.583. The van der Waals surface area contributed by atoms with Crippen molar-refractivity contribution in [3.8, 4) is 0 Å². The number of alkyl carbamates (subject to hydrolysis) is 1. The molecule has 3 amide bonds. The Morgan fingerprint density at radius 1 is 1.06 bits per heavy atom. The van der Waals surface area contributed by atoms with Gasteiger partial charge in [0.15, 0.2) is 0 Å². The van der Waals surface area contributed by atoms with E-state index in [1.165, 1.54) is 12.0 Å². The highest BCUT2D eigenvalue weighted by Gasteiger charge is 2.42. The number of carbonyl (C=O) groups excluding carboxylic acids is 4. The van der Waals surface area contributed by atoms with Crippen LogP contribution in [0.4, 0.5) is 4.79 Å². The van der Waals surface area contributed by atoms with Gasteiger partial charge in [0.1, 0.15) is 24.2 Å². The summed E-state index contributed by atoms with van der Waals surface area (Å²) < 4.78 is 9.81. The lowest BCUT2D eigenvalue weighted by Gasteiger charge is -2.43. The first kappa shape index (κ1) is 28.9. The van der Waals surface area contributed by atoms with Crippen LogP contribution in [-0.4, -0.2) is 71.3 Å². The van der Waals surface area contributed by atoms with Crippen molar-refractivity contribution < 1.29 is 33.8 Å². The first-order valence-corrected chi connectivity index (χ1v) is 11.0.